The van der Waals surface area contributed by atoms with E-state index < -0.39 is 0 Å². The highest BCUT2D eigenvalue weighted by Crippen LogP contribution is 2.36. The summed E-state index contributed by atoms with van der Waals surface area (Å²) in [5, 5.41) is 9.58. The normalized spacial score (nSPS) is 34.9. The van der Waals surface area contributed by atoms with Gasteiger partial charge in [0.25, 0.3) is 0 Å². The number of rotatable bonds is 3. The van der Waals surface area contributed by atoms with E-state index in [-0.39, 0.29) is 17.6 Å². The zero-order valence-corrected chi connectivity index (χ0v) is 11.0. The molecule has 0 amide bonds. The molecule has 0 aromatic carbocycles. The maximum Gasteiger partial charge on any atom is 0.107 e. The quantitative estimate of drug-likeness (QED) is 0.612. The third-order valence-electron chi connectivity index (χ3n) is 3.66. The molecule has 94 valence electrons. The average molecular weight is 246 g/mol. The molecule has 1 saturated carbocycles. The molecule has 1 aliphatic heterocycles. The van der Waals surface area contributed by atoms with Crippen LogP contribution in [0.4, 0.5) is 0 Å². The SMILES string of the molecule is O[C@@H]1CCO[C@@H]1COC1(P)CCCCCC1. The van der Waals surface area contributed by atoms with E-state index >= 15 is 0 Å². The van der Waals surface area contributed by atoms with Crippen LogP contribution >= 0.6 is 9.24 Å². The fraction of sp³-hybridized carbons (Fsp3) is 1.00. The molecule has 1 heterocycles. The van der Waals surface area contributed by atoms with Gasteiger partial charge in [-0.15, -0.1) is 9.24 Å². The minimum atomic E-state index is -0.334. The van der Waals surface area contributed by atoms with Crippen LogP contribution < -0.4 is 0 Å². The second kappa shape index (κ2) is 5.77. The van der Waals surface area contributed by atoms with Gasteiger partial charge in [0.05, 0.1) is 18.1 Å². The predicted octanol–water partition coefficient (Wildman–Crippen LogP) is 2.08. The molecular weight excluding hydrogens is 223 g/mol. The molecule has 3 nitrogen and oxygen atoms in total. The van der Waals surface area contributed by atoms with Crippen molar-refractivity contribution in [1.82, 2.24) is 0 Å². The molecule has 2 rings (SSSR count). The van der Waals surface area contributed by atoms with E-state index in [2.05, 4.69) is 9.24 Å². The van der Waals surface area contributed by atoms with Gasteiger partial charge in [-0.3, -0.25) is 0 Å². The van der Waals surface area contributed by atoms with E-state index in [1.807, 2.05) is 0 Å². The number of hydrogen-bond donors (Lipinski definition) is 1. The van der Waals surface area contributed by atoms with Crippen LogP contribution in [0.2, 0.25) is 0 Å². The summed E-state index contributed by atoms with van der Waals surface area (Å²) in [4.78, 5) is 0. The van der Waals surface area contributed by atoms with Crippen LogP contribution in [-0.4, -0.2) is 35.9 Å². The second-order valence-corrected chi connectivity index (χ2v) is 6.11. The van der Waals surface area contributed by atoms with Crippen molar-refractivity contribution in [2.45, 2.75) is 62.5 Å². The van der Waals surface area contributed by atoms with E-state index in [4.69, 9.17) is 9.47 Å². The Morgan fingerprint density at radius 2 is 1.94 bits per heavy atom. The summed E-state index contributed by atoms with van der Waals surface area (Å²) in [6, 6.07) is 0. The first kappa shape index (κ1) is 12.8. The smallest absolute Gasteiger partial charge is 0.107 e. The van der Waals surface area contributed by atoms with Gasteiger partial charge in [-0.25, -0.2) is 0 Å². The Hall–Kier alpha value is 0.310. The van der Waals surface area contributed by atoms with Crippen molar-refractivity contribution in [2.24, 2.45) is 0 Å². The minimum absolute atomic E-state index is 0.0673. The Morgan fingerprint density at radius 1 is 1.25 bits per heavy atom. The van der Waals surface area contributed by atoms with Crippen LogP contribution in [0.15, 0.2) is 0 Å². The molecule has 0 spiro atoms. The van der Waals surface area contributed by atoms with E-state index in [0.717, 1.165) is 19.3 Å². The van der Waals surface area contributed by atoms with Crippen molar-refractivity contribution in [2.75, 3.05) is 13.2 Å². The van der Waals surface area contributed by atoms with Gasteiger partial charge in [0.2, 0.25) is 0 Å². The lowest BCUT2D eigenvalue weighted by molar-refractivity contribution is -0.0670. The van der Waals surface area contributed by atoms with Gasteiger partial charge in [-0.05, 0) is 19.3 Å². The lowest BCUT2D eigenvalue weighted by Gasteiger charge is -2.30. The molecule has 0 aromatic rings. The summed E-state index contributed by atoms with van der Waals surface area (Å²) in [7, 11) is 2.88. The topological polar surface area (TPSA) is 38.7 Å². The highest BCUT2D eigenvalue weighted by Gasteiger charge is 2.31. The highest BCUT2D eigenvalue weighted by molar-refractivity contribution is 7.18. The van der Waals surface area contributed by atoms with Crippen LogP contribution in [0.25, 0.3) is 0 Å². The number of hydrogen-bond acceptors (Lipinski definition) is 3. The Balaban J connectivity index is 1.78. The molecular formula is C12H23O3P. The molecule has 2 aliphatic rings. The Kier molecular flexibility index (Phi) is 4.60. The molecule has 3 atom stereocenters. The van der Waals surface area contributed by atoms with E-state index in [0.29, 0.717) is 13.2 Å². The van der Waals surface area contributed by atoms with Crippen molar-refractivity contribution in [3.8, 4) is 0 Å². The molecule has 0 aromatic heterocycles. The first-order chi connectivity index (χ1) is 7.70. The molecule has 2 fully saturated rings. The molecule has 4 heteroatoms. The largest absolute Gasteiger partial charge is 0.390 e. The van der Waals surface area contributed by atoms with Gasteiger partial charge in [0.15, 0.2) is 0 Å². The third-order valence-corrected chi connectivity index (χ3v) is 4.40. The molecule has 1 saturated heterocycles. The Bertz CT molecular complexity index is 214. The van der Waals surface area contributed by atoms with Crippen molar-refractivity contribution in [3.05, 3.63) is 0 Å². The fourth-order valence-corrected chi connectivity index (χ4v) is 3.02. The highest BCUT2D eigenvalue weighted by atomic mass is 31.0. The zero-order chi connectivity index (χ0) is 11.4. The van der Waals surface area contributed by atoms with Crippen LogP contribution in [0.5, 0.6) is 0 Å². The van der Waals surface area contributed by atoms with E-state index in [1.165, 1.54) is 25.7 Å². The summed E-state index contributed by atoms with van der Waals surface area (Å²) >= 11 is 0. The molecule has 1 unspecified atom stereocenters. The van der Waals surface area contributed by atoms with Gasteiger partial charge in [-0.1, -0.05) is 25.7 Å². The van der Waals surface area contributed by atoms with E-state index in [1.54, 1.807) is 0 Å². The molecule has 1 aliphatic carbocycles. The first-order valence-electron chi connectivity index (χ1n) is 6.42. The lowest BCUT2D eigenvalue weighted by Crippen LogP contribution is -2.33. The van der Waals surface area contributed by atoms with Crippen molar-refractivity contribution in [1.29, 1.82) is 0 Å². The maximum atomic E-state index is 9.65. The molecule has 16 heavy (non-hydrogen) atoms. The van der Waals surface area contributed by atoms with Crippen LogP contribution in [-0.2, 0) is 9.47 Å². The van der Waals surface area contributed by atoms with Gasteiger partial charge < -0.3 is 14.6 Å². The van der Waals surface area contributed by atoms with E-state index in [9.17, 15) is 5.11 Å². The predicted molar refractivity (Wildman–Crippen MR) is 66.5 cm³/mol. The number of aliphatic hydroxyl groups is 1. The third kappa shape index (κ3) is 3.40. The Labute approximate surface area is 100 Å². The number of ether oxygens (including phenoxy) is 2. The minimum Gasteiger partial charge on any atom is -0.390 e. The molecule has 0 radical (unpaired) electrons. The lowest BCUT2D eigenvalue weighted by atomic mass is 10.1. The summed E-state index contributed by atoms with van der Waals surface area (Å²) < 4.78 is 11.4. The standard InChI is InChI=1S/C12H23O3P/c13-10-5-8-14-11(10)9-15-12(16)6-3-1-2-4-7-12/h10-11,13H,1-9,16H2/t10-,11-/m1/s1. The van der Waals surface area contributed by atoms with Gasteiger partial charge in [-0.2, -0.15) is 0 Å². The van der Waals surface area contributed by atoms with Crippen molar-refractivity contribution >= 4 is 9.24 Å². The fourth-order valence-electron chi connectivity index (χ4n) is 2.52. The Morgan fingerprint density at radius 3 is 2.50 bits per heavy atom. The van der Waals surface area contributed by atoms with Crippen LogP contribution in [0, 0.1) is 0 Å². The summed E-state index contributed by atoms with van der Waals surface area (Å²) in [5.41, 5.74) is 0. The summed E-state index contributed by atoms with van der Waals surface area (Å²) in [5.74, 6) is 0. The zero-order valence-electron chi connectivity index (χ0n) is 9.86. The second-order valence-electron chi connectivity index (χ2n) is 5.06. The number of aliphatic hydroxyl groups excluding tert-OH is 1. The van der Waals surface area contributed by atoms with Gasteiger partial charge in [0.1, 0.15) is 6.10 Å². The van der Waals surface area contributed by atoms with Crippen LogP contribution in [0.1, 0.15) is 44.9 Å². The van der Waals surface area contributed by atoms with Crippen molar-refractivity contribution < 1.29 is 14.6 Å². The van der Waals surface area contributed by atoms with Crippen LogP contribution in [0.3, 0.4) is 0 Å². The summed E-state index contributed by atoms with van der Waals surface area (Å²) in [6.45, 7) is 1.20. The first-order valence-corrected chi connectivity index (χ1v) is 7.00. The molecule has 1 N–H and O–H groups in total. The van der Waals surface area contributed by atoms with Gasteiger partial charge >= 0.3 is 0 Å². The summed E-state index contributed by atoms with van der Waals surface area (Å²) in [6.07, 6.45) is 7.66. The maximum absolute atomic E-state index is 9.65. The van der Waals surface area contributed by atoms with Crippen molar-refractivity contribution in [3.63, 3.8) is 0 Å². The molecule has 0 bridgehead atoms. The average Bonchev–Trinajstić information content (AvgIpc) is 2.54. The van der Waals surface area contributed by atoms with Gasteiger partial charge in [0, 0.05) is 6.61 Å². The monoisotopic (exact) mass is 246 g/mol.